The second-order valence-corrected chi connectivity index (χ2v) is 6.08. The molecule has 0 heterocycles. The van der Waals surface area contributed by atoms with Crippen LogP contribution in [-0.2, 0) is 14.8 Å². The second kappa shape index (κ2) is 7.03. The van der Waals surface area contributed by atoms with E-state index >= 15 is 0 Å². The van der Waals surface area contributed by atoms with E-state index in [4.69, 9.17) is 10.4 Å². The molecule has 1 aromatic rings. The average molecular weight is 296 g/mol. The number of sulfonamides is 1. The Labute approximate surface area is 118 Å². The molecule has 0 bridgehead atoms. The summed E-state index contributed by atoms with van der Waals surface area (Å²) >= 11 is 0. The maximum Gasteiger partial charge on any atom is 0.303 e. The van der Waals surface area contributed by atoms with E-state index in [9.17, 15) is 13.2 Å². The summed E-state index contributed by atoms with van der Waals surface area (Å²) in [6, 6.07) is 6.31. The molecule has 2 N–H and O–H groups in total. The van der Waals surface area contributed by atoms with Gasteiger partial charge in [0.2, 0.25) is 10.0 Å². The second-order valence-electron chi connectivity index (χ2n) is 4.34. The minimum absolute atomic E-state index is 0.0254. The van der Waals surface area contributed by atoms with Gasteiger partial charge in [-0.3, -0.25) is 4.79 Å². The van der Waals surface area contributed by atoms with Gasteiger partial charge in [-0.2, -0.15) is 5.26 Å². The summed E-state index contributed by atoms with van der Waals surface area (Å²) in [4.78, 5) is 10.5. The molecule has 0 spiro atoms. The van der Waals surface area contributed by atoms with Gasteiger partial charge in [0.15, 0.2) is 0 Å². The molecule has 7 heteroatoms. The number of nitrogens with zero attached hydrogens (tertiary/aromatic N) is 1. The molecule has 0 amide bonds. The van der Waals surface area contributed by atoms with Crippen LogP contribution >= 0.6 is 0 Å². The minimum Gasteiger partial charge on any atom is -0.481 e. The van der Waals surface area contributed by atoms with Crippen LogP contribution in [0.15, 0.2) is 23.1 Å². The number of benzene rings is 1. The first-order chi connectivity index (χ1) is 9.36. The van der Waals surface area contributed by atoms with Gasteiger partial charge in [-0.25, -0.2) is 13.1 Å². The number of hydrogen-bond donors (Lipinski definition) is 2. The van der Waals surface area contributed by atoms with Gasteiger partial charge in [0.1, 0.15) is 0 Å². The van der Waals surface area contributed by atoms with Crippen LogP contribution in [0.25, 0.3) is 0 Å². The number of carbonyl (C=O) groups is 1. The number of carboxylic acid groups (broad SMARTS) is 1. The summed E-state index contributed by atoms with van der Waals surface area (Å²) in [7, 11) is -3.62. The van der Waals surface area contributed by atoms with Gasteiger partial charge in [0.05, 0.1) is 16.5 Å². The van der Waals surface area contributed by atoms with Crippen molar-refractivity contribution in [1.82, 2.24) is 4.72 Å². The van der Waals surface area contributed by atoms with Gasteiger partial charge in [0, 0.05) is 13.0 Å². The van der Waals surface area contributed by atoms with E-state index in [1.54, 1.807) is 6.92 Å². The van der Waals surface area contributed by atoms with Crippen LogP contribution < -0.4 is 4.72 Å². The predicted molar refractivity (Wildman–Crippen MR) is 72.6 cm³/mol. The molecule has 108 valence electrons. The summed E-state index contributed by atoms with van der Waals surface area (Å²) in [6.45, 7) is 1.81. The number of hydrogen-bond acceptors (Lipinski definition) is 4. The van der Waals surface area contributed by atoms with Crippen LogP contribution in [0.5, 0.6) is 0 Å². The first-order valence-corrected chi connectivity index (χ1v) is 7.57. The van der Waals surface area contributed by atoms with E-state index in [0.717, 1.165) is 0 Å². The van der Waals surface area contributed by atoms with Gasteiger partial charge in [-0.1, -0.05) is 0 Å². The highest BCUT2D eigenvalue weighted by Gasteiger charge is 2.16. The molecule has 0 aliphatic rings. The lowest BCUT2D eigenvalue weighted by Crippen LogP contribution is -2.25. The molecule has 0 aliphatic heterocycles. The third-order valence-corrected chi connectivity index (χ3v) is 4.32. The fourth-order valence-electron chi connectivity index (χ4n) is 1.71. The van der Waals surface area contributed by atoms with Crippen LogP contribution in [0, 0.1) is 18.3 Å². The minimum atomic E-state index is -3.62. The van der Waals surface area contributed by atoms with Gasteiger partial charge in [-0.15, -0.1) is 0 Å². The monoisotopic (exact) mass is 296 g/mol. The van der Waals surface area contributed by atoms with E-state index in [2.05, 4.69) is 4.72 Å². The number of carboxylic acids is 1. The number of aliphatic carboxylic acids is 1. The normalized spacial score (nSPS) is 11.0. The van der Waals surface area contributed by atoms with Gasteiger partial charge < -0.3 is 5.11 Å². The van der Waals surface area contributed by atoms with Crippen molar-refractivity contribution in [2.24, 2.45) is 0 Å². The van der Waals surface area contributed by atoms with E-state index in [1.165, 1.54) is 18.2 Å². The highest BCUT2D eigenvalue weighted by atomic mass is 32.2. The first kappa shape index (κ1) is 16.1. The third kappa shape index (κ3) is 4.64. The van der Waals surface area contributed by atoms with Crippen molar-refractivity contribution < 1.29 is 18.3 Å². The Balaban J connectivity index is 2.65. The Kier molecular flexibility index (Phi) is 5.67. The zero-order valence-corrected chi connectivity index (χ0v) is 11.9. The number of rotatable bonds is 7. The molecule has 0 saturated carbocycles. The van der Waals surface area contributed by atoms with Crippen LogP contribution in [-0.4, -0.2) is 26.0 Å². The van der Waals surface area contributed by atoms with Crippen molar-refractivity contribution in [2.75, 3.05) is 6.54 Å². The Morgan fingerprint density at radius 1 is 1.40 bits per heavy atom. The number of nitriles is 1. The Bertz CT molecular complexity index is 632. The third-order valence-electron chi connectivity index (χ3n) is 2.70. The summed E-state index contributed by atoms with van der Waals surface area (Å²) in [5.74, 6) is -0.893. The van der Waals surface area contributed by atoms with Gasteiger partial charge >= 0.3 is 5.97 Å². The van der Waals surface area contributed by atoms with Crippen molar-refractivity contribution in [3.63, 3.8) is 0 Å². The van der Waals surface area contributed by atoms with E-state index in [1.807, 2.05) is 6.07 Å². The highest BCUT2D eigenvalue weighted by molar-refractivity contribution is 7.89. The zero-order chi connectivity index (χ0) is 15.2. The summed E-state index contributed by atoms with van der Waals surface area (Å²) < 4.78 is 26.5. The Hall–Kier alpha value is -1.91. The number of nitrogens with one attached hydrogen (secondary N) is 1. The molecule has 1 aromatic carbocycles. The smallest absolute Gasteiger partial charge is 0.303 e. The molecule has 0 aliphatic carbocycles. The van der Waals surface area contributed by atoms with E-state index in [0.29, 0.717) is 24.0 Å². The van der Waals surface area contributed by atoms with Crippen LogP contribution in [0.4, 0.5) is 0 Å². The topological polar surface area (TPSA) is 107 Å². The van der Waals surface area contributed by atoms with Crippen molar-refractivity contribution in [2.45, 2.75) is 31.1 Å². The molecule has 0 fully saturated rings. The lowest BCUT2D eigenvalue weighted by Gasteiger charge is -2.09. The van der Waals surface area contributed by atoms with E-state index < -0.39 is 16.0 Å². The molecule has 0 saturated heterocycles. The summed E-state index contributed by atoms with van der Waals surface area (Å²) in [6.07, 6.45) is 0.905. The predicted octanol–water partition coefficient (Wildman–Crippen LogP) is 1.40. The van der Waals surface area contributed by atoms with Crippen LogP contribution in [0.1, 0.15) is 30.4 Å². The lowest BCUT2D eigenvalue weighted by molar-refractivity contribution is -0.137. The van der Waals surface area contributed by atoms with Crippen molar-refractivity contribution in [3.8, 4) is 6.07 Å². The molecule has 20 heavy (non-hydrogen) atoms. The van der Waals surface area contributed by atoms with Crippen LogP contribution in [0.3, 0.4) is 0 Å². The Morgan fingerprint density at radius 2 is 2.10 bits per heavy atom. The molecule has 0 unspecified atom stereocenters. The Morgan fingerprint density at radius 3 is 2.65 bits per heavy atom. The highest BCUT2D eigenvalue weighted by Crippen LogP contribution is 2.16. The van der Waals surface area contributed by atoms with Gasteiger partial charge in [-0.05, 0) is 43.5 Å². The quantitative estimate of drug-likeness (QED) is 0.739. The lowest BCUT2D eigenvalue weighted by atomic mass is 10.2. The zero-order valence-electron chi connectivity index (χ0n) is 11.1. The molecule has 1 rings (SSSR count). The fraction of sp³-hybridized carbons (Fsp3) is 0.385. The molecular formula is C13H16N2O4S. The summed E-state index contributed by atoms with van der Waals surface area (Å²) in [5, 5.41) is 17.2. The molecule has 0 radical (unpaired) electrons. The average Bonchev–Trinajstić information content (AvgIpc) is 2.37. The maximum absolute atomic E-state index is 12.0. The standard InChI is InChI=1S/C13H16N2O4S/c1-10-8-11(9-14)5-6-12(10)20(18,19)15-7-3-2-4-13(16)17/h5-6,8,15H,2-4,7H2,1H3,(H,16,17). The first-order valence-electron chi connectivity index (χ1n) is 6.09. The van der Waals surface area contributed by atoms with Crippen LogP contribution in [0.2, 0.25) is 0 Å². The molecule has 6 nitrogen and oxygen atoms in total. The summed E-state index contributed by atoms with van der Waals surface area (Å²) in [5.41, 5.74) is 0.907. The molecule has 0 atom stereocenters. The number of unbranched alkanes of at least 4 members (excludes halogenated alkanes) is 1. The SMILES string of the molecule is Cc1cc(C#N)ccc1S(=O)(=O)NCCCCC(=O)O. The van der Waals surface area contributed by atoms with Crippen molar-refractivity contribution in [3.05, 3.63) is 29.3 Å². The van der Waals surface area contributed by atoms with Crippen molar-refractivity contribution >= 4 is 16.0 Å². The maximum atomic E-state index is 12.0. The van der Waals surface area contributed by atoms with Gasteiger partial charge in [0.25, 0.3) is 0 Å². The largest absolute Gasteiger partial charge is 0.481 e. The molecular weight excluding hydrogens is 280 g/mol. The number of aryl methyl sites for hydroxylation is 1. The van der Waals surface area contributed by atoms with E-state index in [-0.39, 0.29) is 17.9 Å². The fourth-order valence-corrected chi connectivity index (χ4v) is 3.00. The molecule has 0 aromatic heterocycles. The van der Waals surface area contributed by atoms with Crippen molar-refractivity contribution in [1.29, 1.82) is 5.26 Å².